The third-order valence-corrected chi connectivity index (χ3v) is 6.31. The minimum absolute atomic E-state index is 0.0881. The van der Waals surface area contributed by atoms with Crippen molar-refractivity contribution in [3.8, 4) is 0 Å². The zero-order valence-electron chi connectivity index (χ0n) is 14.9. The summed E-state index contributed by atoms with van der Waals surface area (Å²) in [6, 6.07) is 5.90. The van der Waals surface area contributed by atoms with E-state index in [2.05, 4.69) is 0 Å². The van der Waals surface area contributed by atoms with Crippen molar-refractivity contribution in [2.45, 2.75) is 43.8 Å². The van der Waals surface area contributed by atoms with Crippen LogP contribution in [0.5, 0.6) is 0 Å². The lowest BCUT2D eigenvalue weighted by Gasteiger charge is -2.22. The average molecular weight is 367 g/mol. The molecule has 0 saturated heterocycles. The number of hydrogen-bond donors (Lipinski definition) is 0. The monoisotopic (exact) mass is 367 g/mol. The van der Waals surface area contributed by atoms with Gasteiger partial charge in [-0.2, -0.15) is 0 Å². The maximum absolute atomic E-state index is 12.7. The summed E-state index contributed by atoms with van der Waals surface area (Å²) < 4.78 is 29.3. The summed E-state index contributed by atoms with van der Waals surface area (Å²) in [6.07, 6.45) is 2.11. The Bertz CT molecular complexity index is 720. The largest absolute Gasteiger partial charge is 0.465 e. The molecule has 0 N–H and O–H groups in total. The highest BCUT2D eigenvalue weighted by Gasteiger charge is 2.29. The molecule has 0 heterocycles. The van der Waals surface area contributed by atoms with Gasteiger partial charge in [-0.1, -0.05) is 0 Å². The van der Waals surface area contributed by atoms with E-state index < -0.39 is 21.1 Å². The summed E-state index contributed by atoms with van der Waals surface area (Å²) in [7, 11) is -3.37. The first kappa shape index (κ1) is 19.4. The van der Waals surface area contributed by atoms with Crippen LogP contribution < -0.4 is 0 Å². The van der Waals surface area contributed by atoms with Gasteiger partial charge in [0.1, 0.15) is 6.54 Å². The Morgan fingerprint density at radius 3 is 2.28 bits per heavy atom. The first-order valence-corrected chi connectivity index (χ1v) is 10.1. The molecule has 0 radical (unpaired) electrons. The minimum atomic E-state index is -3.37. The van der Waals surface area contributed by atoms with Crippen LogP contribution in [0.1, 0.15) is 44.0 Å². The standard InChI is InChI=1S/C18H25NO5S/c1-4-24-17(20)12-19(11-14-5-6-14)18(21)15-7-9-16(10-8-15)25(22,23)13(2)3/h7-10,13-14H,4-6,11-12H2,1-3H3. The molecule has 7 heteroatoms. The van der Waals surface area contributed by atoms with Gasteiger partial charge in [0.15, 0.2) is 9.84 Å². The zero-order valence-corrected chi connectivity index (χ0v) is 15.7. The third kappa shape index (κ3) is 5.04. The molecule has 25 heavy (non-hydrogen) atoms. The summed E-state index contributed by atoms with van der Waals surface area (Å²) in [6.45, 7) is 5.65. The summed E-state index contributed by atoms with van der Waals surface area (Å²) in [5.74, 6) is -0.289. The van der Waals surface area contributed by atoms with Crippen molar-refractivity contribution in [1.29, 1.82) is 0 Å². The fraction of sp³-hybridized carbons (Fsp3) is 0.556. The van der Waals surface area contributed by atoms with Gasteiger partial charge in [-0.15, -0.1) is 0 Å². The van der Waals surface area contributed by atoms with E-state index in [1.54, 1.807) is 20.8 Å². The van der Waals surface area contributed by atoms with Crippen molar-refractivity contribution in [1.82, 2.24) is 4.90 Å². The van der Waals surface area contributed by atoms with Crippen molar-refractivity contribution in [3.63, 3.8) is 0 Å². The topological polar surface area (TPSA) is 80.8 Å². The highest BCUT2D eigenvalue weighted by Crippen LogP contribution is 2.30. The van der Waals surface area contributed by atoms with Crippen LogP contribution in [0.25, 0.3) is 0 Å². The number of hydrogen-bond acceptors (Lipinski definition) is 5. The molecule has 1 fully saturated rings. The van der Waals surface area contributed by atoms with Gasteiger partial charge in [-0.3, -0.25) is 9.59 Å². The van der Waals surface area contributed by atoms with E-state index in [9.17, 15) is 18.0 Å². The van der Waals surface area contributed by atoms with E-state index in [0.29, 0.717) is 18.0 Å². The fourth-order valence-corrected chi connectivity index (χ4v) is 3.50. The van der Waals surface area contributed by atoms with E-state index in [1.807, 2.05) is 0 Å². The van der Waals surface area contributed by atoms with Crippen LogP contribution in [0.3, 0.4) is 0 Å². The molecule has 2 rings (SSSR count). The molecule has 1 amide bonds. The lowest BCUT2D eigenvalue weighted by molar-refractivity contribution is -0.143. The lowest BCUT2D eigenvalue weighted by atomic mass is 10.2. The van der Waals surface area contributed by atoms with Crippen molar-refractivity contribution < 1.29 is 22.7 Å². The van der Waals surface area contributed by atoms with Gasteiger partial charge in [-0.25, -0.2) is 8.42 Å². The Kier molecular flexibility index (Phi) is 6.21. The molecule has 0 spiro atoms. The molecule has 1 aliphatic carbocycles. The molecule has 6 nitrogen and oxygen atoms in total. The molecule has 1 aromatic carbocycles. The molecular formula is C18H25NO5S. The molecule has 1 aliphatic rings. The van der Waals surface area contributed by atoms with E-state index in [0.717, 1.165) is 12.8 Å². The van der Waals surface area contributed by atoms with E-state index in [-0.39, 0.29) is 24.0 Å². The van der Waals surface area contributed by atoms with E-state index in [1.165, 1.54) is 29.2 Å². The average Bonchev–Trinajstić information content (AvgIpc) is 3.38. The Morgan fingerprint density at radius 1 is 1.20 bits per heavy atom. The second-order valence-electron chi connectivity index (χ2n) is 6.55. The number of benzene rings is 1. The summed E-state index contributed by atoms with van der Waals surface area (Å²) in [5.41, 5.74) is 0.368. The second-order valence-corrected chi connectivity index (χ2v) is 9.06. The van der Waals surface area contributed by atoms with Crippen LogP contribution >= 0.6 is 0 Å². The van der Waals surface area contributed by atoms with Crippen molar-refractivity contribution in [2.75, 3.05) is 19.7 Å². The first-order valence-electron chi connectivity index (χ1n) is 8.54. The number of amides is 1. The molecule has 138 valence electrons. The number of rotatable bonds is 8. The summed E-state index contributed by atoms with van der Waals surface area (Å²) in [4.78, 5) is 26.1. The fourth-order valence-electron chi connectivity index (χ4n) is 2.44. The predicted octanol–water partition coefficient (Wildman–Crippen LogP) is 2.28. The maximum atomic E-state index is 12.7. The molecule has 0 aliphatic heterocycles. The van der Waals surface area contributed by atoms with Gasteiger partial charge < -0.3 is 9.64 Å². The van der Waals surface area contributed by atoms with E-state index >= 15 is 0 Å². The van der Waals surface area contributed by atoms with Crippen molar-refractivity contribution in [3.05, 3.63) is 29.8 Å². The molecular weight excluding hydrogens is 342 g/mol. The number of ether oxygens (including phenoxy) is 1. The molecule has 0 bridgehead atoms. The predicted molar refractivity (Wildman–Crippen MR) is 94.0 cm³/mol. The number of carbonyl (C=O) groups is 2. The van der Waals surface area contributed by atoms with Crippen LogP contribution in [-0.2, 0) is 19.4 Å². The van der Waals surface area contributed by atoms with Crippen molar-refractivity contribution in [2.24, 2.45) is 5.92 Å². The Hall–Kier alpha value is -1.89. The summed E-state index contributed by atoms with van der Waals surface area (Å²) >= 11 is 0. The molecule has 1 saturated carbocycles. The van der Waals surface area contributed by atoms with Gasteiger partial charge in [0.2, 0.25) is 0 Å². The smallest absolute Gasteiger partial charge is 0.325 e. The molecule has 0 atom stereocenters. The highest BCUT2D eigenvalue weighted by atomic mass is 32.2. The van der Waals surface area contributed by atoms with Crippen LogP contribution in [0, 0.1) is 5.92 Å². The van der Waals surface area contributed by atoms with E-state index in [4.69, 9.17) is 4.74 Å². The Morgan fingerprint density at radius 2 is 1.80 bits per heavy atom. The molecule has 1 aromatic rings. The molecule has 0 aromatic heterocycles. The van der Waals surface area contributed by atoms with Crippen LogP contribution in [0.2, 0.25) is 0 Å². The summed E-state index contributed by atoms with van der Waals surface area (Å²) in [5, 5.41) is -0.524. The minimum Gasteiger partial charge on any atom is -0.465 e. The third-order valence-electron chi connectivity index (χ3n) is 4.14. The number of carbonyl (C=O) groups excluding carboxylic acids is 2. The van der Waals surface area contributed by atoms with Gasteiger partial charge >= 0.3 is 5.97 Å². The van der Waals surface area contributed by atoms with Gasteiger partial charge in [0.25, 0.3) is 5.91 Å². The Labute approximate surface area is 149 Å². The maximum Gasteiger partial charge on any atom is 0.325 e. The van der Waals surface area contributed by atoms with Gasteiger partial charge in [0.05, 0.1) is 16.8 Å². The highest BCUT2D eigenvalue weighted by molar-refractivity contribution is 7.92. The number of esters is 1. The van der Waals surface area contributed by atoms with Gasteiger partial charge in [-0.05, 0) is 63.8 Å². The zero-order chi connectivity index (χ0) is 18.6. The van der Waals surface area contributed by atoms with Crippen LogP contribution in [-0.4, -0.2) is 50.1 Å². The SMILES string of the molecule is CCOC(=O)CN(CC1CC1)C(=O)c1ccc(S(=O)(=O)C(C)C)cc1. The van der Waals surface area contributed by atoms with Crippen LogP contribution in [0.15, 0.2) is 29.2 Å². The van der Waals surface area contributed by atoms with Gasteiger partial charge in [0, 0.05) is 12.1 Å². The Balaban J connectivity index is 2.16. The first-order chi connectivity index (χ1) is 11.8. The normalized spacial score (nSPS) is 14.4. The number of nitrogens with zero attached hydrogens (tertiary/aromatic N) is 1. The quantitative estimate of drug-likeness (QED) is 0.659. The lowest BCUT2D eigenvalue weighted by Crippen LogP contribution is -2.38. The molecule has 0 unspecified atom stereocenters. The van der Waals surface area contributed by atoms with Crippen LogP contribution in [0.4, 0.5) is 0 Å². The second kappa shape index (κ2) is 7.99. The number of sulfone groups is 1. The van der Waals surface area contributed by atoms with Crippen molar-refractivity contribution >= 4 is 21.7 Å².